The van der Waals surface area contributed by atoms with E-state index >= 15 is 0 Å². The van der Waals surface area contributed by atoms with Gasteiger partial charge < -0.3 is 10.1 Å². The molecule has 136 valence electrons. The van der Waals surface area contributed by atoms with E-state index in [1.54, 1.807) is 5.43 Å². The summed E-state index contributed by atoms with van der Waals surface area (Å²) in [6.45, 7) is 0.561. The van der Waals surface area contributed by atoms with Crippen molar-refractivity contribution in [1.82, 2.24) is 5.43 Å². The number of hydrogen-bond donors (Lipinski definition) is 3. The Hall–Kier alpha value is -2.24. The molecule has 1 fully saturated rings. The van der Waals surface area contributed by atoms with Gasteiger partial charge in [0.15, 0.2) is 5.75 Å². The Morgan fingerprint density at radius 2 is 1.92 bits per heavy atom. The van der Waals surface area contributed by atoms with Gasteiger partial charge in [0.1, 0.15) is 6.61 Å². The first-order valence-corrected chi connectivity index (χ1v) is 8.15. The molecule has 2 aromatic rings. The summed E-state index contributed by atoms with van der Waals surface area (Å²) in [5, 5.41) is 3.75. The number of ether oxygens (including phenoxy) is 1. The van der Waals surface area contributed by atoms with Gasteiger partial charge in [-0.25, -0.2) is 5.84 Å². The zero-order valence-electron chi connectivity index (χ0n) is 13.6. The molecule has 0 radical (unpaired) electrons. The summed E-state index contributed by atoms with van der Waals surface area (Å²) < 4.78 is 5.97. The normalized spacial score (nSPS) is 12.1. The van der Waals surface area contributed by atoms with Crippen LogP contribution in [0.1, 0.15) is 37.3 Å². The molecule has 25 heavy (non-hydrogen) atoms. The van der Waals surface area contributed by atoms with Crippen molar-refractivity contribution in [2.75, 3.05) is 12.4 Å². The zero-order valence-corrected chi connectivity index (χ0v) is 14.3. The van der Waals surface area contributed by atoms with Crippen LogP contribution in [-0.2, 0) is 11.4 Å². The molecular weight excluding hydrogens is 338 g/mol. The molecule has 2 aromatic carbocycles. The first-order chi connectivity index (χ1) is 11.7. The van der Waals surface area contributed by atoms with Crippen LogP contribution in [0.4, 0.5) is 5.69 Å². The Balaban J connectivity index is 0.000000568. The van der Waals surface area contributed by atoms with Crippen molar-refractivity contribution in [3.05, 3.63) is 58.6 Å². The third-order valence-corrected chi connectivity index (χ3v) is 4.05. The van der Waals surface area contributed by atoms with Gasteiger partial charge in [-0.3, -0.25) is 10.2 Å². The molecule has 3 rings (SSSR count). The minimum atomic E-state index is 0. The van der Waals surface area contributed by atoms with Crippen molar-refractivity contribution in [3.63, 3.8) is 0 Å². The Kier molecular flexibility index (Phi) is 8.81. The Morgan fingerprint density at radius 3 is 2.52 bits per heavy atom. The van der Waals surface area contributed by atoms with Gasteiger partial charge in [0.25, 0.3) is 0 Å². The first kappa shape index (κ1) is 20.8. The number of hydrazine groups is 1. The minimum Gasteiger partial charge on any atom is -0.485 e. The predicted octanol–water partition coefficient (Wildman–Crippen LogP) is 4.08. The van der Waals surface area contributed by atoms with Crippen LogP contribution in [0.5, 0.6) is 5.75 Å². The van der Waals surface area contributed by atoms with Gasteiger partial charge >= 0.3 is 0 Å². The number of carbonyl (C=O) groups excluding carboxylic acids is 1. The quantitative estimate of drug-likeness (QED) is 0.313. The average molecular weight is 364 g/mol. The Labute approximate surface area is 154 Å². The molecule has 1 saturated carbocycles. The van der Waals surface area contributed by atoms with Crippen LogP contribution in [0, 0.1) is 0 Å². The minimum absolute atomic E-state index is 0. The molecule has 0 saturated heterocycles. The molecule has 6 heteroatoms. The second kappa shape index (κ2) is 10.6. The molecule has 0 aromatic heterocycles. The van der Waals surface area contributed by atoms with Crippen LogP contribution in [0.15, 0.2) is 42.5 Å². The smallest absolute Gasteiger partial charge is 0.221 e. The highest BCUT2D eigenvalue weighted by Crippen LogP contribution is 2.42. The lowest BCUT2D eigenvalue weighted by atomic mass is 10.0. The fourth-order valence-electron chi connectivity index (χ4n) is 2.46. The fraction of sp³-hybridized carbons (Fsp3) is 0.316. The standard InChI is InChI=1S/C17H18ClNO.CH4N2O.CH4/c1-19-16-8-4-7-15(18)17(16)20-11-13-5-2-3-6-14(13)12-9-10-12;2-3-1-4;/h2-8,12,19H,9-11H2,1H3;1H,2H2,(H,3,4);1H4. The lowest BCUT2D eigenvalue weighted by Crippen LogP contribution is -2.18. The molecule has 0 aliphatic heterocycles. The molecule has 0 bridgehead atoms. The van der Waals surface area contributed by atoms with Crippen molar-refractivity contribution in [2.24, 2.45) is 5.84 Å². The van der Waals surface area contributed by atoms with Gasteiger partial charge in [0, 0.05) is 7.05 Å². The summed E-state index contributed by atoms with van der Waals surface area (Å²) in [5.41, 5.74) is 5.35. The number of anilines is 1. The third kappa shape index (κ3) is 5.96. The number of rotatable bonds is 6. The van der Waals surface area contributed by atoms with Crippen molar-refractivity contribution >= 4 is 23.7 Å². The molecule has 0 heterocycles. The molecule has 0 spiro atoms. The molecule has 1 aliphatic carbocycles. The van der Waals surface area contributed by atoms with Gasteiger partial charge in [-0.15, -0.1) is 0 Å². The van der Waals surface area contributed by atoms with Crippen molar-refractivity contribution in [2.45, 2.75) is 32.8 Å². The van der Waals surface area contributed by atoms with Crippen molar-refractivity contribution < 1.29 is 9.53 Å². The topological polar surface area (TPSA) is 76.4 Å². The number of hydrogen-bond acceptors (Lipinski definition) is 4. The second-order valence-corrected chi connectivity index (χ2v) is 5.82. The summed E-state index contributed by atoms with van der Waals surface area (Å²) in [7, 11) is 1.87. The lowest BCUT2D eigenvalue weighted by Gasteiger charge is -2.14. The first-order valence-electron chi connectivity index (χ1n) is 7.77. The summed E-state index contributed by atoms with van der Waals surface area (Å²) >= 11 is 6.22. The van der Waals surface area contributed by atoms with E-state index in [1.807, 2.05) is 25.2 Å². The van der Waals surface area contributed by atoms with Crippen LogP contribution in [0.3, 0.4) is 0 Å². The Morgan fingerprint density at radius 1 is 1.24 bits per heavy atom. The number of nitrogens with two attached hydrogens (primary N) is 1. The monoisotopic (exact) mass is 363 g/mol. The van der Waals surface area contributed by atoms with Crippen LogP contribution in [-0.4, -0.2) is 13.5 Å². The summed E-state index contributed by atoms with van der Waals surface area (Å²) in [6, 6.07) is 14.3. The van der Waals surface area contributed by atoms with Crippen LogP contribution in [0.25, 0.3) is 0 Å². The van der Waals surface area contributed by atoms with Gasteiger partial charge in [-0.05, 0) is 42.0 Å². The van der Waals surface area contributed by atoms with Crippen LogP contribution >= 0.6 is 11.6 Å². The maximum atomic E-state index is 8.94. The van der Waals surface area contributed by atoms with E-state index in [1.165, 1.54) is 24.0 Å². The van der Waals surface area contributed by atoms with Crippen LogP contribution in [0.2, 0.25) is 5.02 Å². The molecule has 0 atom stereocenters. The largest absolute Gasteiger partial charge is 0.485 e. The number of amides is 1. The number of halogens is 1. The van der Waals surface area contributed by atoms with E-state index in [0.717, 1.165) is 17.4 Å². The average Bonchev–Trinajstić information content (AvgIpc) is 3.46. The van der Waals surface area contributed by atoms with Gasteiger partial charge in [0.05, 0.1) is 10.7 Å². The highest BCUT2D eigenvalue weighted by Gasteiger charge is 2.25. The zero-order chi connectivity index (χ0) is 17.4. The van der Waals surface area contributed by atoms with Gasteiger partial charge in [0.2, 0.25) is 6.41 Å². The highest BCUT2D eigenvalue weighted by molar-refractivity contribution is 6.32. The van der Waals surface area contributed by atoms with Crippen molar-refractivity contribution in [3.8, 4) is 5.75 Å². The molecule has 4 N–H and O–H groups in total. The molecule has 1 amide bonds. The summed E-state index contributed by atoms with van der Waals surface area (Å²) in [4.78, 5) is 8.94. The molecule has 5 nitrogen and oxygen atoms in total. The van der Waals surface area contributed by atoms with E-state index < -0.39 is 0 Å². The number of nitrogens with one attached hydrogen (secondary N) is 2. The summed E-state index contributed by atoms with van der Waals surface area (Å²) in [6.07, 6.45) is 3.00. The fourth-order valence-corrected chi connectivity index (χ4v) is 2.69. The number of benzene rings is 2. The van der Waals surface area contributed by atoms with E-state index in [4.69, 9.17) is 21.1 Å². The maximum Gasteiger partial charge on any atom is 0.221 e. The van der Waals surface area contributed by atoms with Crippen molar-refractivity contribution in [1.29, 1.82) is 0 Å². The summed E-state index contributed by atoms with van der Waals surface area (Å²) in [5.74, 6) is 5.86. The number of para-hydroxylation sites is 1. The molecular formula is C19H26ClN3O2. The van der Waals surface area contributed by atoms with E-state index in [-0.39, 0.29) is 7.43 Å². The van der Waals surface area contributed by atoms with Crippen LogP contribution < -0.4 is 21.3 Å². The predicted molar refractivity (Wildman–Crippen MR) is 104 cm³/mol. The third-order valence-electron chi connectivity index (χ3n) is 3.75. The van der Waals surface area contributed by atoms with Gasteiger partial charge in [-0.1, -0.05) is 49.4 Å². The van der Waals surface area contributed by atoms with E-state index in [2.05, 4.69) is 35.4 Å². The highest BCUT2D eigenvalue weighted by atomic mass is 35.5. The second-order valence-electron chi connectivity index (χ2n) is 5.41. The maximum absolute atomic E-state index is 8.94. The van der Waals surface area contributed by atoms with Gasteiger partial charge in [-0.2, -0.15) is 0 Å². The lowest BCUT2D eigenvalue weighted by molar-refractivity contribution is -0.109. The molecule has 0 unspecified atom stereocenters. The van der Waals surface area contributed by atoms with E-state index in [9.17, 15) is 0 Å². The molecule has 1 aliphatic rings. The SMILES string of the molecule is C.CNc1cccc(Cl)c1OCc1ccccc1C1CC1.NNC=O. The Bertz CT molecular complexity index is 675. The number of carbonyl (C=O) groups is 1. The van der Waals surface area contributed by atoms with E-state index in [0.29, 0.717) is 18.0 Å².